The van der Waals surface area contributed by atoms with E-state index in [0.29, 0.717) is 0 Å². The van der Waals surface area contributed by atoms with Crippen LogP contribution in [0.25, 0.3) is 22.2 Å². The van der Waals surface area contributed by atoms with Crippen LogP contribution in [-0.4, -0.2) is 78.0 Å². The van der Waals surface area contributed by atoms with Crippen LogP contribution in [0.3, 0.4) is 0 Å². The Kier molecular flexibility index (Phi) is 5.53. The first kappa shape index (κ1) is 18.2. The predicted octanol–water partition coefficient (Wildman–Crippen LogP) is 2.91. The summed E-state index contributed by atoms with van der Waals surface area (Å²) in [5.74, 6) is 0. The Morgan fingerprint density at radius 1 is 0.963 bits per heavy atom. The van der Waals surface area contributed by atoms with Gasteiger partial charge >= 0.3 is 0 Å². The van der Waals surface area contributed by atoms with Gasteiger partial charge in [0, 0.05) is 63.6 Å². The van der Waals surface area contributed by atoms with E-state index in [9.17, 15) is 0 Å². The van der Waals surface area contributed by atoms with Gasteiger partial charge in [0.2, 0.25) is 0 Å². The lowest BCUT2D eigenvalue weighted by atomic mass is 10.0. The molecule has 0 spiro atoms. The molecular formula is C22H29N5. The number of pyridine rings is 1. The number of aromatic amines is 1. The van der Waals surface area contributed by atoms with Gasteiger partial charge in [-0.3, -0.25) is 9.80 Å². The molecular weight excluding hydrogens is 334 g/mol. The molecule has 1 aromatic carbocycles. The van der Waals surface area contributed by atoms with Crippen LogP contribution in [0.15, 0.2) is 48.8 Å². The lowest BCUT2D eigenvalue weighted by Crippen LogP contribution is -2.47. The fourth-order valence-corrected chi connectivity index (χ4v) is 3.77. The number of hydrogen-bond donors (Lipinski definition) is 1. The monoisotopic (exact) mass is 363 g/mol. The molecule has 0 aliphatic carbocycles. The fourth-order valence-electron chi connectivity index (χ4n) is 3.77. The van der Waals surface area contributed by atoms with Crippen LogP contribution < -0.4 is 0 Å². The number of fused-ring (bicyclic) bond motifs is 1. The van der Waals surface area contributed by atoms with E-state index in [1.54, 1.807) is 0 Å². The lowest BCUT2D eigenvalue weighted by molar-refractivity contribution is 0.120. The number of rotatable bonds is 6. The average Bonchev–Trinajstić information content (AvgIpc) is 3.17. The third-order valence-electron chi connectivity index (χ3n) is 5.46. The molecule has 1 fully saturated rings. The summed E-state index contributed by atoms with van der Waals surface area (Å²) in [6.07, 6.45) is 3.82. The number of H-pyrrole nitrogens is 1. The van der Waals surface area contributed by atoms with Crippen molar-refractivity contribution in [3.8, 4) is 11.1 Å². The van der Waals surface area contributed by atoms with Crippen molar-refractivity contribution >= 4 is 11.0 Å². The zero-order chi connectivity index (χ0) is 18.6. The van der Waals surface area contributed by atoms with Crippen molar-refractivity contribution in [1.29, 1.82) is 0 Å². The van der Waals surface area contributed by atoms with E-state index >= 15 is 0 Å². The summed E-state index contributed by atoms with van der Waals surface area (Å²) in [6, 6.07) is 13.2. The standard InChI is InChI=1S/C22H29N5/c1-25(2)11-12-26-13-15-27(16-14-26)17-18-3-5-19(6-4-18)20-7-9-23-22-21(20)8-10-24-22/h3-10H,11-17H2,1-2H3,(H,23,24). The van der Waals surface area contributed by atoms with Gasteiger partial charge in [0.25, 0.3) is 0 Å². The molecule has 5 nitrogen and oxygen atoms in total. The molecule has 0 amide bonds. The van der Waals surface area contributed by atoms with Crippen molar-refractivity contribution in [1.82, 2.24) is 24.7 Å². The van der Waals surface area contributed by atoms with E-state index in [4.69, 9.17) is 0 Å². The number of likely N-dealkylation sites (N-methyl/N-ethyl adjacent to an activating group) is 1. The topological polar surface area (TPSA) is 38.4 Å². The van der Waals surface area contributed by atoms with Crippen LogP contribution in [0.1, 0.15) is 5.56 Å². The maximum absolute atomic E-state index is 4.38. The van der Waals surface area contributed by atoms with Crippen LogP contribution in [0, 0.1) is 0 Å². The summed E-state index contributed by atoms with van der Waals surface area (Å²) < 4.78 is 0. The highest BCUT2D eigenvalue weighted by molar-refractivity contribution is 5.92. The molecule has 1 aliphatic heterocycles. The van der Waals surface area contributed by atoms with Crippen molar-refractivity contribution in [2.45, 2.75) is 6.54 Å². The third-order valence-corrected chi connectivity index (χ3v) is 5.46. The largest absolute Gasteiger partial charge is 0.346 e. The van der Waals surface area contributed by atoms with Crippen LogP contribution in [0.5, 0.6) is 0 Å². The zero-order valence-corrected chi connectivity index (χ0v) is 16.4. The van der Waals surface area contributed by atoms with E-state index in [0.717, 1.165) is 31.8 Å². The van der Waals surface area contributed by atoms with Crippen molar-refractivity contribution in [3.05, 3.63) is 54.4 Å². The van der Waals surface area contributed by atoms with Gasteiger partial charge in [-0.05, 0) is 42.9 Å². The average molecular weight is 364 g/mol. The Bertz CT molecular complexity index is 860. The summed E-state index contributed by atoms with van der Waals surface area (Å²) in [5, 5.41) is 1.18. The van der Waals surface area contributed by atoms with Gasteiger partial charge in [-0.25, -0.2) is 4.98 Å². The molecule has 1 N–H and O–H groups in total. The first-order valence-electron chi connectivity index (χ1n) is 9.80. The maximum atomic E-state index is 4.38. The van der Waals surface area contributed by atoms with Gasteiger partial charge in [0.1, 0.15) is 5.65 Å². The van der Waals surface area contributed by atoms with Gasteiger partial charge in [-0.1, -0.05) is 24.3 Å². The highest BCUT2D eigenvalue weighted by Crippen LogP contribution is 2.27. The molecule has 3 heterocycles. The zero-order valence-electron chi connectivity index (χ0n) is 16.4. The van der Waals surface area contributed by atoms with Crippen LogP contribution in [0.2, 0.25) is 0 Å². The molecule has 3 aromatic rings. The van der Waals surface area contributed by atoms with Gasteiger partial charge in [-0.2, -0.15) is 0 Å². The van der Waals surface area contributed by atoms with Gasteiger partial charge in [0.15, 0.2) is 0 Å². The van der Waals surface area contributed by atoms with Gasteiger partial charge in [-0.15, -0.1) is 0 Å². The summed E-state index contributed by atoms with van der Waals surface area (Å²) in [4.78, 5) is 15.0. The molecule has 0 atom stereocenters. The van der Waals surface area contributed by atoms with Gasteiger partial charge < -0.3 is 9.88 Å². The molecule has 5 heteroatoms. The second kappa shape index (κ2) is 8.21. The Morgan fingerprint density at radius 3 is 2.44 bits per heavy atom. The smallest absolute Gasteiger partial charge is 0.137 e. The molecule has 2 aromatic heterocycles. The first-order valence-corrected chi connectivity index (χ1v) is 9.80. The van der Waals surface area contributed by atoms with Gasteiger partial charge in [0.05, 0.1) is 0 Å². The maximum Gasteiger partial charge on any atom is 0.137 e. The van der Waals surface area contributed by atoms with E-state index in [-0.39, 0.29) is 0 Å². The Balaban J connectivity index is 1.36. The number of hydrogen-bond acceptors (Lipinski definition) is 4. The molecule has 0 saturated carbocycles. The minimum absolute atomic E-state index is 0.948. The van der Waals surface area contributed by atoms with Crippen molar-refractivity contribution in [2.24, 2.45) is 0 Å². The molecule has 0 unspecified atom stereocenters. The van der Waals surface area contributed by atoms with Crippen LogP contribution >= 0.6 is 0 Å². The second-order valence-corrected chi connectivity index (χ2v) is 7.72. The van der Waals surface area contributed by atoms with E-state index in [1.807, 2.05) is 12.4 Å². The minimum Gasteiger partial charge on any atom is -0.346 e. The Labute approximate surface area is 161 Å². The molecule has 4 rings (SSSR count). The molecule has 27 heavy (non-hydrogen) atoms. The number of piperazine rings is 1. The minimum atomic E-state index is 0.948. The number of aromatic nitrogens is 2. The SMILES string of the molecule is CN(C)CCN1CCN(Cc2ccc(-c3ccnc4[nH]ccc34)cc2)CC1. The van der Waals surface area contributed by atoms with Crippen molar-refractivity contribution in [3.63, 3.8) is 0 Å². The molecule has 0 bridgehead atoms. The Hall–Kier alpha value is -2.21. The highest BCUT2D eigenvalue weighted by Gasteiger charge is 2.16. The van der Waals surface area contributed by atoms with Crippen molar-refractivity contribution < 1.29 is 0 Å². The summed E-state index contributed by atoms with van der Waals surface area (Å²) in [7, 11) is 4.29. The number of benzene rings is 1. The lowest BCUT2D eigenvalue weighted by Gasteiger charge is -2.35. The van der Waals surface area contributed by atoms with Crippen LogP contribution in [-0.2, 0) is 6.54 Å². The first-order chi connectivity index (χ1) is 13.2. The van der Waals surface area contributed by atoms with Crippen molar-refractivity contribution in [2.75, 3.05) is 53.4 Å². The Morgan fingerprint density at radius 2 is 1.70 bits per heavy atom. The van der Waals surface area contributed by atoms with Crippen LogP contribution in [0.4, 0.5) is 0 Å². The predicted molar refractivity (Wildman–Crippen MR) is 112 cm³/mol. The normalized spacial score (nSPS) is 16.4. The quantitative estimate of drug-likeness (QED) is 0.731. The molecule has 1 saturated heterocycles. The second-order valence-electron chi connectivity index (χ2n) is 7.72. The fraction of sp³-hybridized carbons (Fsp3) is 0.409. The van der Waals surface area contributed by atoms with E-state index in [1.165, 1.54) is 41.7 Å². The number of nitrogens with one attached hydrogen (secondary N) is 1. The third kappa shape index (κ3) is 4.38. The van der Waals surface area contributed by atoms with E-state index < -0.39 is 0 Å². The molecule has 142 valence electrons. The number of nitrogens with zero attached hydrogens (tertiary/aromatic N) is 4. The molecule has 0 radical (unpaired) electrons. The molecule has 1 aliphatic rings. The summed E-state index contributed by atoms with van der Waals surface area (Å²) >= 11 is 0. The summed E-state index contributed by atoms with van der Waals surface area (Å²) in [5.41, 5.74) is 4.82. The highest BCUT2D eigenvalue weighted by atomic mass is 15.3. The van der Waals surface area contributed by atoms with E-state index in [2.05, 4.69) is 75.2 Å². The summed E-state index contributed by atoms with van der Waals surface area (Å²) in [6.45, 7) is 8.02.